The third-order valence-corrected chi connectivity index (χ3v) is 3.05. The SMILES string of the molecule is CC(C(=O)NCCC#N)S(C)(=O)=O. The van der Waals surface area contributed by atoms with E-state index in [2.05, 4.69) is 5.32 Å². The molecular weight excluding hydrogens is 192 g/mol. The highest BCUT2D eigenvalue weighted by atomic mass is 32.2. The van der Waals surface area contributed by atoms with Gasteiger partial charge in [0.05, 0.1) is 12.5 Å². The van der Waals surface area contributed by atoms with Crippen molar-refractivity contribution in [2.75, 3.05) is 12.8 Å². The van der Waals surface area contributed by atoms with E-state index in [0.717, 1.165) is 6.26 Å². The molecule has 13 heavy (non-hydrogen) atoms. The molecule has 5 nitrogen and oxygen atoms in total. The van der Waals surface area contributed by atoms with Crippen molar-refractivity contribution in [1.82, 2.24) is 5.32 Å². The van der Waals surface area contributed by atoms with Gasteiger partial charge < -0.3 is 5.32 Å². The zero-order valence-corrected chi connectivity index (χ0v) is 8.39. The Morgan fingerprint density at radius 2 is 2.15 bits per heavy atom. The van der Waals surface area contributed by atoms with Crippen molar-refractivity contribution in [3.8, 4) is 6.07 Å². The summed E-state index contributed by atoms with van der Waals surface area (Å²) < 4.78 is 21.8. The lowest BCUT2D eigenvalue weighted by Gasteiger charge is -2.08. The lowest BCUT2D eigenvalue weighted by Crippen LogP contribution is -2.37. The molecule has 0 aliphatic carbocycles. The van der Waals surface area contributed by atoms with Crippen LogP contribution in [0.5, 0.6) is 0 Å². The molecule has 0 fully saturated rings. The van der Waals surface area contributed by atoms with Gasteiger partial charge in [0, 0.05) is 12.8 Å². The van der Waals surface area contributed by atoms with Crippen molar-refractivity contribution >= 4 is 15.7 Å². The molecule has 0 aromatic carbocycles. The van der Waals surface area contributed by atoms with Gasteiger partial charge in [0.2, 0.25) is 5.91 Å². The number of nitriles is 1. The van der Waals surface area contributed by atoms with E-state index >= 15 is 0 Å². The fourth-order valence-corrected chi connectivity index (χ4v) is 1.05. The van der Waals surface area contributed by atoms with Crippen LogP contribution < -0.4 is 5.32 Å². The lowest BCUT2D eigenvalue weighted by atomic mass is 10.4. The Kier molecular flexibility index (Phi) is 4.42. The van der Waals surface area contributed by atoms with Crippen molar-refractivity contribution in [3.63, 3.8) is 0 Å². The molecule has 0 aromatic heterocycles. The van der Waals surface area contributed by atoms with Gasteiger partial charge in [0.15, 0.2) is 9.84 Å². The van der Waals surface area contributed by atoms with E-state index in [-0.39, 0.29) is 13.0 Å². The van der Waals surface area contributed by atoms with Crippen molar-refractivity contribution in [1.29, 1.82) is 5.26 Å². The summed E-state index contributed by atoms with van der Waals surface area (Å²) in [4.78, 5) is 11.1. The van der Waals surface area contributed by atoms with Gasteiger partial charge in [-0.2, -0.15) is 5.26 Å². The summed E-state index contributed by atoms with van der Waals surface area (Å²) in [5.74, 6) is -0.558. The predicted molar refractivity (Wildman–Crippen MR) is 47.5 cm³/mol. The Balaban J connectivity index is 4.08. The van der Waals surface area contributed by atoms with Gasteiger partial charge >= 0.3 is 0 Å². The highest BCUT2D eigenvalue weighted by molar-refractivity contribution is 7.92. The summed E-state index contributed by atoms with van der Waals surface area (Å²) in [5.41, 5.74) is 0. The number of hydrogen-bond donors (Lipinski definition) is 1. The average molecular weight is 204 g/mol. The van der Waals surface area contributed by atoms with Crippen molar-refractivity contribution in [2.45, 2.75) is 18.6 Å². The van der Waals surface area contributed by atoms with Crippen LogP contribution in [0.4, 0.5) is 0 Å². The van der Waals surface area contributed by atoms with E-state index in [1.165, 1.54) is 6.92 Å². The summed E-state index contributed by atoms with van der Waals surface area (Å²) in [7, 11) is -3.33. The molecule has 0 aliphatic rings. The number of nitrogens with one attached hydrogen (secondary N) is 1. The minimum absolute atomic E-state index is 0.183. The summed E-state index contributed by atoms with van der Waals surface area (Å²) in [6.07, 6.45) is 1.18. The third-order valence-electron chi connectivity index (χ3n) is 1.55. The van der Waals surface area contributed by atoms with E-state index in [1.807, 2.05) is 6.07 Å². The van der Waals surface area contributed by atoms with E-state index in [9.17, 15) is 13.2 Å². The van der Waals surface area contributed by atoms with E-state index in [4.69, 9.17) is 5.26 Å². The molecule has 0 aromatic rings. The smallest absolute Gasteiger partial charge is 0.238 e. The molecule has 1 N–H and O–H groups in total. The van der Waals surface area contributed by atoms with Gasteiger partial charge in [-0.3, -0.25) is 4.79 Å². The second-order valence-corrected chi connectivity index (χ2v) is 5.04. The van der Waals surface area contributed by atoms with Gasteiger partial charge in [-0.25, -0.2) is 8.42 Å². The van der Waals surface area contributed by atoms with Crippen LogP contribution >= 0.6 is 0 Å². The van der Waals surface area contributed by atoms with Crippen molar-refractivity contribution in [3.05, 3.63) is 0 Å². The normalized spacial score (nSPS) is 13.0. The minimum Gasteiger partial charge on any atom is -0.354 e. The molecule has 0 heterocycles. The molecule has 0 rings (SSSR count). The van der Waals surface area contributed by atoms with Gasteiger partial charge in [0.1, 0.15) is 5.25 Å². The van der Waals surface area contributed by atoms with Crippen molar-refractivity contribution in [2.24, 2.45) is 0 Å². The molecular formula is C7H12N2O3S. The van der Waals surface area contributed by atoms with Crippen LogP contribution in [0, 0.1) is 11.3 Å². The summed E-state index contributed by atoms with van der Waals surface area (Å²) in [6.45, 7) is 1.51. The Bertz CT molecular complexity index is 315. The van der Waals surface area contributed by atoms with Crippen molar-refractivity contribution < 1.29 is 13.2 Å². The quantitative estimate of drug-likeness (QED) is 0.622. The lowest BCUT2D eigenvalue weighted by molar-refractivity contribution is -0.120. The fraction of sp³-hybridized carbons (Fsp3) is 0.714. The van der Waals surface area contributed by atoms with Crippen LogP contribution in [-0.2, 0) is 14.6 Å². The summed E-state index contributed by atoms with van der Waals surface area (Å²) >= 11 is 0. The van der Waals surface area contributed by atoms with Gasteiger partial charge in [-0.1, -0.05) is 0 Å². The standard InChI is InChI=1S/C7H12N2O3S/c1-6(13(2,11)12)7(10)9-5-3-4-8/h6H,3,5H2,1-2H3,(H,9,10). The molecule has 0 spiro atoms. The van der Waals surface area contributed by atoms with E-state index in [0.29, 0.717) is 0 Å². The molecule has 0 saturated carbocycles. The molecule has 0 saturated heterocycles. The number of rotatable bonds is 4. The minimum atomic E-state index is -3.33. The molecule has 1 unspecified atom stereocenters. The second-order valence-electron chi connectivity index (χ2n) is 2.67. The third kappa shape index (κ3) is 4.48. The fourth-order valence-electron chi connectivity index (χ4n) is 0.580. The van der Waals surface area contributed by atoms with Crippen LogP contribution in [-0.4, -0.2) is 32.4 Å². The van der Waals surface area contributed by atoms with E-state index in [1.54, 1.807) is 0 Å². The molecule has 6 heteroatoms. The number of carbonyl (C=O) groups excluding carboxylic acids is 1. The van der Waals surface area contributed by atoms with Gasteiger partial charge in [0.25, 0.3) is 0 Å². The van der Waals surface area contributed by atoms with Crippen LogP contribution in [0.3, 0.4) is 0 Å². The zero-order chi connectivity index (χ0) is 10.5. The maximum absolute atomic E-state index is 11.1. The topological polar surface area (TPSA) is 87.0 Å². The van der Waals surface area contributed by atoms with Crippen LogP contribution in [0.1, 0.15) is 13.3 Å². The number of nitrogens with zero attached hydrogens (tertiary/aromatic N) is 1. The Morgan fingerprint density at radius 3 is 2.54 bits per heavy atom. The number of carbonyl (C=O) groups is 1. The molecule has 0 bridgehead atoms. The first-order valence-corrected chi connectivity index (χ1v) is 5.68. The summed E-state index contributed by atoms with van der Waals surface area (Å²) in [5, 5.41) is 9.46. The zero-order valence-electron chi connectivity index (χ0n) is 7.57. The van der Waals surface area contributed by atoms with Gasteiger partial charge in [-0.15, -0.1) is 0 Å². The molecule has 1 amide bonds. The first kappa shape index (κ1) is 11.9. The number of sulfone groups is 1. The Morgan fingerprint density at radius 1 is 1.62 bits per heavy atom. The predicted octanol–water partition coefficient (Wildman–Crippen LogP) is -0.551. The number of amides is 1. The van der Waals surface area contributed by atoms with Crippen LogP contribution in [0.15, 0.2) is 0 Å². The highest BCUT2D eigenvalue weighted by Gasteiger charge is 2.22. The van der Waals surface area contributed by atoms with Crippen LogP contribution in [0.2, 0.25) is 0 Å². The molecule has 0 aliphatic heterocycles. The Hall–Kier alpha value is -1.09. The molecule has 1 atom stereocenters. The van der Waals surface area contributed by atoms with Crippen LogP contribution in [0.25, 0.3) is 0 Å². The van der Waals surface area contributed by atoms with E-state index < -0.39 is 21.0 Å². The first-order valence-electron chi connectivity index (χ1n) is 3.73. The maximum atomic E-state index is 11.1. The maximum Gasteiger partial charge on any atom is 0.238 e. The monoisotopic (exact) mass is 204 g/mol. The second kappa shape index (κ2) is 4.82. The van der Waals surface area contributed by atoms with Gasteiger partial charge in [-0.05, 0) is 6.92 Å². The Labute approximate surface area is 77.7 Å². The average Bonchev–Trinajstić information content (AvgIpc) is 2.01. The largest absolute Gasteiger partial charge is 0.354 e. The summed E-state index contributed by atoms with van der Waals surface area (Å²) in [6, 6.07) is 1.84. The first-order chi connectivity index (χ1) is 5.89. The highest BCUT2D eigenvalue weighted by Crippen LogP contribution is 1.97. The molecule has 0 radical (unpaired) electrons. The molecule has 74 valence electrons. The number of hydrogen-bond acceptors (Lipinski definition) is 4.